The molecule has 1 saturated carbocycles. The van der Waals surface area contributed by atoms with Crippen molar-refractivity contribution < 1.29 is 14.7 Å². The number of aliphatic carboxylic acids is 1. The van der Waals surface area contributed by atoms with Gasteiger partial charge in [0.25, 0.3) is 0 Å². The molecule has 0 aliphatic heterocycles. The van der Waals surface area contributed by atoms with Gasteiger partial charge < -0.3 is 15.3 Å². The summed E-state index contributed by atoms with van der Waals surface area (Å²) in [4.78, 5) is 24.4. The minimum Gasteiger partial charge on any atom is -0.481 e. The van der Waals surface area contributed by atoms with Gasteiger partial charge in [-0.25, -0.2) is 4.79 Å². The van der Waals surface area contributed by atoms with Crippen molar-refractivity contribution >= 4 is 17.7 Å². The lowest BCUT2D eigenvalue weighted by molar-refractivity contribution is -0.136. The molecule has 1 aromatic rings. The Morgan fingerprint density at radius 2 is 1.95 bits per heavy atom. The van der Waals surface area contributed by atoms with Crippen molar-refractivity contribution in [2.24, 2.45) is 0 Å². The number of carboxylic acid groups (broad SMARTS) is 1. The number of carbonyl (C=O) groups excluding carboxylic acids is 1. The molecule has 5 heteroatoms. The number of carbonyl (C=O) groups is 2. The van der Waals surface area contributed by atoms with Gasteiger partial charge in [-0.05, 0) is 43.9 Å². The van der Waals surface area contributed by atoms with Crippen LogP contribution in [0.2, 0.25) is 0 Å². The quantitative estimate of drug-likeness (QED) is 0.839. The highest BCUT2D eigenvalue weighted by atomic mass is 16.4. The molecular weight excluding hydrogens is 256 g/mol. The van der Waals surface area contributed by atoms with E-state index in [4.69, 9.17) is 5.11 Å². The number of hydrogen-bond acceptors (Lipinski definition) is 2. The second-order valence-electron chi connectivity index (χ2n) is 5.04. The lowest BCUT2D eigenvalue weighted by Gasteiger charge is -2.20. The Hall–Kier alpha value is -2.04. The van der Waals surface area contributed by atoms with Crippen LogP contribution in [0.4, 0.5) is 10.5 Å². The number of amides is 2. The van der Waals surface area contributed by atoms with Gasteiger partial charge in [0.05, 0.1) is 0 Å². The van der Waals surface area contributed by atoms with Crippen LogP contribution in [0.5, 0.6) is 0 Å². The molecule has 20 heavy (non-hydrogen) atoms. The SMILES string of the molecule is CCN(C(=O)Nc1ccc(CCC(=O)O)cc1)C1CC1. The van der Waals surface area contributed by atoms with E-state index in [1.54, 1.807) is 0 Å². The van der Waals surface area contributed by atoms with E-state index in [1.165, 1.54) is 0 Å². The van der Waals surface area contributed by atoms with Gasteiger partial charge in [-0.1, -0.05) is 12.1 Å². The second-order valence-corrected chi connectivity index (χ2v) is 5.04. The minimum absolute atomic E-state index is 0.0618. The van der Waals surface area contributed by atoms with E-state index in [2.05, 4.69) is 5.32 Å². The highest BCUT2D eigenvalue weighted by Crippen LogP contribution is 2.27. The number of hydrogen-bond donors (Lipinski definition) is 2. The Kier molecular flexibility index (Phi) is 4.61. The van der Waals surface area contributed by atoms with Gasteiger partial charge in [0.2, 0.25) is 0 Å². The second kappa shape index (κ2) is 6.41. The van der Waals surface area contributed by atoms with Crippen molar-refractivity contribution in [2.45, 2.75) is 38.6 Å². The Morgan fingerprint density at radius 3 is 2.45 bits per heavy atom. The summed E-state index contributed by atoms with van der Waals surface area (Å²) in [5.74, 6) is -0.801. The minimum atomic E-state index is -0.801. The molecule has 2 N–H and O–H groups in total. The van der Waals surface area contributed by atoms with Crippen LogP contribution in [-0.4, -0.2) is 34.6 Å². The summed E-state index contributed by atoms with van der Waals surface area (Å²) in [5.41, 5.74) is 1.70. The molecule has 0 unspecified atom stereocenters. The summed E-state index contributed by atoms with van der Waals surface area (Å²) in [5, 5.41) is 11.5. The lowest BCUT2D eigenvalue weighted by Crippen LogP contribution is -2.36. The van der Waals surface area contributed by atoms with E-state index in [9.17, 15) is 9.59 Å². The number of nitrogens with one attached hydrogen (secondary N) is 1. The molecule has 0 atom stereocenters. The maximum Gasteiger partial charge on any atom is 0.322 e. The number of urea groups is 1. The van der Waals surface area contributed by atoms with Crippen LogP contribution < -0.4 is 5.32 Å². The van der Waals surface area contributed by atoms with Gasteiger partial charge in [0, 0.05) is 24.7 Å². The molecule has 108 valence electrons. The molecule has 0 aromatic heterocycles. The summed E-state index contributed by atoms with van der Waals surface area (Å²) in [6, 6.07) is 7.67. The zero-order valence-corrected chi connectivity index (χ0v) is 11.6. The highest BCUT2D eigenvalue weighted by molar-refractivity contribution is 5.89. The van der Waals surface area contributed by atoms with Crippen LogP contribution in [-0.2, 0) is 11.2 Å². The summed E-state index contributed by atoms with van der Waals surface area (Å²) in [6.07, 6.45) is 2.81. The first-order valence-corrected chi connectivity index (χ1v) is 6.98. The topological polar surface area (TPSA) is 69.6 Å². The standard InChI is InChI=1S/C15H20N2O3/c1-2-17(13-8-9-13)15(20)16-12-6-3-11(4-7-12)5-10-14(18)19/h3-4,6-7,13H,2,5,8-10H2,1H3,(H,16,20)(H,18,19). The van der Waals surface area contributed by atoms with Crippen molar-refractivity contribution in [1.82, 2.24) is 4.90 Å². The first-order valence-electron chi connectivity index (χ1n) is 6.98. The fourth-order valence-corrected chi connectivity index (χ4v) is 2.16. The Bertz CT molecular complexity index is 480. The number of carboxylic acids is 1. The molecule has 0 bridgehead atoms. The van der Waals surface area contributed by atoms with Gasteiger partial charge in [-0.2, -0.15) is 0 Å². The summed E-state index contributed by atoms with van der Waals surface area (Å²) >= 11 is 0. The molecule has 2 amide bonds. The smallest absolute Gasteiger partial charge is 0.322 e. The Balaban J connectivity index is 1.89. The molecule has 2 rings (SSSR count). The Morgan fingerprint density at radius 1 is 1.30 bits per heavy atom. The van der Waals surface area contributed by atoms with Gasteiger partial charge in [0.1, 0.15) is 0 Å². The third-order valence-electron chi connectivity index (χ3n) is 3.42. The molecule has 1 aliphatic carbocycles. The molecule has 0 radical (unpaired) electrons. The van der Waals surface area contributed by atoms with Crippen molar-refractivity contribution in [3.8, 4) is 0 Å². The molecule has 0 heterocycles. The average molecular weight is 276 g/mol. The normalized spacial score (nSPS) is 13.8. The van der Waals surface area contributed by atoms with Crippen molar-refractivity contribution in [3.05, 3.63) is 29.8 Å². The first-order chi connectivity index (χ1) is 9.60. The number of rotatable bonds is 6. The van der Waals surface area contributed by atoms with Crippen LogP contribution in [0.3, 0.4) is 0 Å². The maximum atomic E-state index is 12.1. The molecule has 1 aliphatic rings. The van der Waals surface area contributed by atoms with E-state index < -0.39 is 5.97 Å². The lowest BCUT2D eigenvalue weighted by atomic mass is 10.1. The van der Waals surface area contributed by atoms with Crippen molar-refractivity contribution in [2.75, 3.05) is 11.9 Å². The van der Waals surface area contributed by atoms with Crippen molar-refractivity contribution in [3.63, 3.8) is 0 Å². The molecule has 0 saturated heterocycles. The number of anilines is 1. The zero-order chi connectivity index (χ0) is 14.5. The van der Waals surface area contributed by atoms with Crippen LogP contribution in [0, 0.1) is 0 Å². The largest absolute Gasteiger partial charge is 0.481 e. The van der Waals surface area contributed by atoms with Crippen LogP contribution >= 0.6 is 0 Å². The van der Waals surface area contributed by atoms with Gasteiger partial charge in [-0.15, -0.1) is 0 Å². The monoisotopic (exact) mass is 276 g/mol. The van der Waals surface area contributed by atoms with E-state index in [0.29, 0.717) is 19.0 Å². The van der Waals surface area contributed by atoms with Crippen molar-refractivity contribution in [1.29, 1.82) is 0 Å². The fraction of sp³-hybridized carbons (Fsp3) is 0.467. The average Bonchev–Trinajstić information content (AvgIpc) is 3.23. The van der Waals surface area contributed by atoms with E-state index >= 15 is 0 Å². The molecule has 0 spiro atoms. The Labute approximate surface area is 118 Å². The van der Waals surface area contributed by atoms with Gasteiger partial charge in [-0.3, -0.25) is 4.79 Å². The van der Waals surface area contributed by atoms with E-state index in [1.807, 2.05) is 36.1 Å². The summed E-state index contributed by atoms with van der Waals surface area (Å²) < 4.78 is 0. The van der Waals surface area contributed by atoms with Crippen LogP contribution in [0.15, 0.2) is 24.3 Å². The highest BCUT2D eigenvalue weighted by Gasteiger charge is 2.31. The zero-order valence-electron chi connectivity index (χ0n) is 11.6. The predicted octanol–water partition coefficient (Wildman–Crippen LogP) is 2.72. The molecule has 1 aromatic carbocycles. The maximum absolute atomic E-state index is 12.1. The number of benzene rings is 1. The van der Waals surface area contributed by atoms with Crippen LogP contribution in [0.1, 0.15) is 31.7 Å². The van der Waals surface area contributed by atoms with E-state index in [-0.39, 0.29) is 12.5 Å². The van der Waals surface area contributed by atoms with Crippen LogP contribution in [0.25, 0.3) is 0 Å². The third-order valence-corrected chi connectivity index (χ3v) is 3.42. The summed E-state index contributed by atoms with van der Waals surface area (Å²) in [7, 11) is 0. The van der Waals surface area contributed by atoms with Gasteiger partial charge in [0.15, 0.2) is 0 Å². The first kappa shape index (κ1) is 14.4. The predicted molar refractivity (Wildman–Crippen MR) is 76.8 cm³/mol. The molecule has 5 nitrogen and oxygen atoms in total. The molecule has 1 fully saturated rings. The van der Waals surface area contributed by atoms with Gasteiger partial charge >= 0.3 is 12.0 Å². The fourth-order valence-electron chi connectivity index (χ4n) is 2.16. The third kappa shape index (κ3) is 3.98. The number of aryl methyl sites for hydroxylation is 1. The summed E-state index contributed by atoms with van der Waals surface area (Å²) in [6.45, 7) is 2.69. The number of nitrogens with zero attached hydrogens (tertiary/aromatic N) is 1. The van der Waals surface area contributed by atoms with E-state index in [0.717, 1.165) is 24.1 Å². The molecular formula is C15H20N2O3.